The number of carbonyl (C=O) groups is 1. The lowest BCUT2D eigenvalue weighted by atomic mass is 10.1. The SMILES string of the molecule is O=C1c2ccccc2[C@H](O)N1CCOCCO. The van der Waals surface area contributed by atoms with Crippen LogP contribution in [0.2, 0.25) is 0 Å². The van der Waals surface area contributed by atoms with Gasteiger partial charge >= 0.3 is 0 Å². The summed E-state index contributed by atoms with van der Waals surface area (Å²) < 4.78 is 5.09. The van der Waals surface area contributed by atoms with Crippen LogP contribution in [-0.2, 0) is 4.74 Å². The molecule has 1 aromatic carbocycles. The molecule has 5 nitrogen and oxygen atoms in total. The molecule has 92 valence electrons. The molecule has 0 spiro atoms. The maximum Gasteiger partial charge on any atom is 0.256 e. The minimum atomic E-state index is -0.892. The number of fused-ring (bicyclic) bond motifs is 1. The van der Waals surface area contributed by atoms with Gasteiger partial charge in [0.2, 0.25) is 0 Å². The quantitative estimate of drug-likeness (QED) is 0.715. The van der Waals surface area contributed by atoms with E-state index >= 15 is 0 Å². The van der Waals surface area contributed by atoms with Crippen LogP contribution in [0.15, 0.2) is 24.3 Å². The maximum atomic E-state index is 11.9. The molecular weight excluding hydrogens is 222 g/mol. The van der Waals surface area contributed by atoms with Crippen LogP contribution < -0.4 is 0 Å². The van der Waals surface area contributed by atoms with E-state index in [2.05, 4.69) is 0 Å². The van der Waals surface area contributed by atoms with Crippen molar-refractivity contribution in [3.05, 3.63) is 35.4 Å². The van der Waals surface area contributed by atoms with Gasteiger partial charge in [-0.2, -0.15) is 0 Å². The molecule has 0 aliphatic carbocycles. The largest absolute Gasteiger partial charge is 0.394 e. The zero-order valence-electron chi connectivity index (χ0n) is 9.37. The first-order chi connectivity index (χ1) is 8.25. The summed E-state index contributed by atoms with van der Waals surface area (Å²) in [6.45, 7) is 0.813. The van der Waals surface area contributed by atoms with Gasteiger partial charge in [-0.3, -0.25) is 4.79 Å². The number of carbonyl (C=O) groups excluding carboxylic acids is 1. The van der Waals surface area contributed by atoms with Gasteiger partial charge in [0.05, 0.1) is 19.8 Å². The molecular formula is C12H15NO4. The molecule has 5 heteroatoms. The zero-order chi connectivity index (χ0) is 12.3. The Morgan fingerprint density at radius 1 is 1.29 bits per heavy atom. The number of aliphatic hydroxyl groups is 2. The Bertz CT molecular complexity index is 407. The predicted octanol–water partition coefficient (Wildman–Crippen LogP) is 0.142. The monoisotopic (exact) mass is 237 g/mol. The summed E-state index contributed by atoms with van der Waals surface area (Å²) >= 11 is 0. The number of ether oxygens (including phenoxy) is 1. The average molecular weight is 237 g/mol. The molecule has 0 unspecified atom stereocenters. The molecule has 1 heterocycles. The highest BCUT2D eigenvalue weighted by molar-refractivity contribution is 5.98. The number of rotatable bonds is 5. The number of amides is 1. The second-order valence-corrected chi connectivity index (χ2v) is 3.80. The summed E-state index contributed by atoms with van der Waals surface area (Å²) in [5.41, 5.74) is 1.18. The van der Waals surface area contributed by atoms with E-state index in [1.807, 2.05) is 0 Å². The van der Waals surface area contributed by atoms with Crippen molar-refractivity contribution in [3.8, 4) is 0 Å². The first-order valence-corrected chi connectivity index (χ1v) is 5.52. The Labute approximate surface area is 99.2 Å². The van der Waals surface area contributed by atoms with Gasteiger partial charge in [-0.25, -0.2) is 0 Å². The van der Waals surface area contributed by atoms with E-state index in [-0.39, 0.29) is 19.1 Å². The first-order valence-electron chi connectivity index (χ1n) is 5.52. The molecule has 17 heavy (non-hydrogen) atoms. The van der Waals surface area contributed by atoms with Crippen LogP contribution in [0.1, 0.15) is 22.1 Å². The molecule has 2 rings (SSSR count). The summed E-state index contributed by atoms with van der Waals surface area (Å²) in [6.07, 6.45) is -0.892. The molecule has 1 atom stereocenters. The molecule has 1 aliphatic heterocycles. The van der Waals surface area contributed by atoms with Gasteiger partial charge in [-0.15, -0.1) is 0 Å². The summed E-state index contributed by atoms with van der Waals surface area (Å²) in [4.78, 5) is 13.3. The third kappa shape index (κ3) is 2.31. The van der Waals surface area contributed by atoms with E-state index < -0.39 is 6.23 Å². The molecule has 0 fully saturated rings. The van der Waals surface area contributed by atoms with Crippen molar-refractivity contribution >= 4 is 5.91 Å². The third-order valence-corrected chi connectivity index (χ3v) is 2.74. The number of hydrogen-bond donors (Lipinski definition) is 2. The van der Waals surface area contributed by atoms with Gasteiger partial charge in [0.25, 0.3) is 5.91 Å². The molecule has 1 aromatic rings. The van der Waals surface area contributed by atoms with Crippen LogP contribution in [0.3, 0.4) is 0 Å². The van der Waals surface area contributed by atoms with Crippen molar-refractivity contribution in [1.29, 1.82) is 0 Å². The fourth-order valence-electron chi connectivity index (χ4n) is 1.90. The van der Waals surface area contributed by atoms with Crippen molar-refractivity contribution in [2.24, 2.45) is 0 Å². The smallest absolute Gasteiger partial charge is 0.256 e. The standard InChI is InChI=1S/C12H15NO4/c14-6-8-17-7-5-13-11(15)9-3-1-2-4-10(9)12(13)16/h1-4,11,14-15H,5-8H2/t11-/m0/s1. The number of hydrogen-bond acceptors (Lipinski definition) is 4. The number of aliphatic hydroxyl groups excluding tert-OH is 2. The summed E-state index contributed by atoms with van der Waals surface area (Å²) in [5.74, 6) is -0.180. The molecule has 0 bridgehead atoms. The van der Waals surface area contributed by atoms with E-state index in [4.69, 9.17) is 9.84 Å². The number of benzene rings is 1. The second kappa shape index (κ2) is 5.27. The van der Waals surface area contributed by atoms with Crippen molar-refractivity contribution in [2.45, 2.75) is 6.23 Å². The fraction of sp³-hybridized carbons (Fsp3) is 0.417. The molecule has 2 N–H and O–H groups in total. The molecule has 0 radical (unpaired) electrons. The topological polar surface area (TPSA) is 70.0 Å². The van der Waals surface area contributed by atoms with Crippen molar-refractivity contribution < 1.29 is 19.7 Å². The Balaban J connectivity index is 2.00. The summed E-state index contributed by atoms with van der Waals surface area (Å²) in [6, 6.07) is 7.01. The van der Waals surface area contributed by atoms with Crippen molar-refractivity contribution in [3.63, 3.8) is 0 Å². The van der Waals surface area contributed by atoms with Gasteiger partial charge in [-0.05, 0) is 6.07 Å². The summed E-state index contributed by atoms with van der Waals surface area (Å²) in [5, 5.41) is 18.5. The second-order valence-electron chi connectivity index (χ2n) is 3.80. The Morgan fingerprint density at radius 3 is 2.76 bits per heavy atom. The fourth-order valence-corrected chi connectivity index (χ4v) is 1.90. The zero-order valence-corrected chi connectivity index (χ0v) is 9.37. The Morgan fingerprint density at radius 2 is 2.06 bits per heavy atom. The lowest BCUT2D eigenvalue weighted by Gasteiger charge is -2.20. The average Bonchev–Trinajstić information content (AvgIpc) is 2.60. The highest BCUT2D eigenvalue weighted by Gasteiger charge is 2.34. The van der Waals surface area contributed by atoms with Crippen LogP contribution in [0.5, 0.6) is 0 Å². The lowest BCUT2D eigenvalue weighted by Crippen LogP contribution is -2.31. The first kappa shape index (κ1) is 12.0. The Hall–Kier alpha value is -1.43. The Kier molecular flexibility index (Phi) is 3.73. The van der Waals surface area contributed by atoms with E-state index in [0.717, 1.165) is 0 Å². The highest BCUT2D eigenvalue weighted by atomic mass is 16.5. The van der Waals surface area contributed by atoms with Gasteiger partial charge in [0.1, 0.15) is 0 Å². The number of nitrogens with zero attached hydrogens (tertiary/aromatic N) is 1. The van der Waals surface area contributed by atoms with Crippen molar-refractivity contribution in [1.82, 2.24) is 4.90 Å². The van der Waals surface area contributed by atoms with Crippen molar-refractivity contribution in [2.75, 3.05) is 26.4 Å². The minimum Gasteiger partial charge on any atom is -0.394 e. The van der Waals surface area contributed by atoms with E-state index in [9.17, 15) is 9.90 Å². The van der Waals surface area contributed by atoms with E-state index in [0.29, 0.717) is 24.3 Å². The minimum absolute atomic E-state index is 0.0449. The molecule has 0 saturated heterocycles. The third-order valence-electron chi connectivity index (χ3n) is 2.74. The highest BCUT2D eigenvalue weighted by Crippen LogP contribution is 2.30. The molecule has 0 saturated carbocycles. The van der Waals surface area contributed by atoms with E-state index in [1.54, 1.807) is 24.3 Å². The maximum absolute atomic E-state index is 11.9. The molecule has 1 amide bonds. The van der Waals surface area contributed by atoms with Crippen LogP contribution in [-0.4, -0.2) is 47.4 Å². The van der Waals surface area contributed by atoms with E-state index in [1.165, 1.54) is 4.90 Å². The van der Waals surface area contributed by atoms with Gasteiger partial charge in [-0.1, -0.05) is 18.2 Å². The van der Waals surface area contributed by atoms with Crippen LogP contribution >= 0.6 is 0 Å². The predicted molar refractivity (Wildman–Crippen MR) is 60.3 cm³/mol. The normalized spacial score (nSPS) is 18.6. The van der Waals surface area contributed by atoms with Crippen LogP contribution in [0, 0.1) is 0 Å². The van der Waals surface area contributed by atoms with Gasteiger partial charge in [0.15, 0.2) is 6.23 Å². The van der Waals surface area contributed by atoms with Gasteiger partial charge in [0, 0.05) is 17.7 Å². The molecule has 1 aliphatic rings. The summed E-state index contributed by atoms with van der Waals surface area (Å²) in [7, 11) is 0. The van der Waals surface area contributed by atoms with Gasteiger partial charge < -0.3 is 19.8 Å². The van der Waals surface area contributed by atoms with Crippen LogP contribution in [0.4, 0.5) is 0 Å². The lowest BCUT2D eigenvalue weighted by molar-refractivity contribution is -0.000463. The van der Waals surface area contributed by atoms with Crippen LogP contribution in [0.25, 0.3) is 0 Å². The molecule has 0 aromatic heterocycles.